The normalized spacial score (nSPS) is 24.6. The number of halogens is 12. The van der Waals surface area contributed by atoms with E-state index in [1.807, 2.05) is 0 Å². The lowest BCUT2D eigenvalue weighted by molar-refractivity contribution is -0.138. The molecule has 0 spiro atoms. The van der Waals surface area contributed by atoms with Gasteiger partial charge in [0, 0.05) is 0 Å². The van der Waals surface area contributed by atoms with Crippen LogP contribution in [0, 0.1) is 0 Å². The third-order valence-corrected chi connectivity index (χ3v) is 15.8. The lowest BCUT2D eigenvalue weighted by atomic mass is 10.2. The van der Waals surface area contributed by atoms with Crippen LogP contribution in [-0.2, 0) is 18.5 Å². The van der Waals surface area contributed by atoms with Crippen molar-refractivity contribution in [2.45, 2.75) is 18.5 Å². The molecule has 4 rings (SSSR count). The molecule has 0 saturated heterocycles. The highest BCUT2D eigenvalue weighted by molar-refractivity contribution is 8.05. The van der Waals surface area contributed by atoms with Gasteiger partial charge in [0.05, 0.1) is 16.7 Å². The highest BCUT2D eigenvalue weighted by atomic mass is 35.7. The highest BCUT2D eigenvalue weighted by Crippen LogP contribution is 2.83. The summed E-state index contributed by atoms with van der Waals surface area (Å²) in [5.41, 5.74) is -3.04. The van der Waals surface area contributed by atoms with Crippen LogP contribution in [0.4, 0.5) is 39.5 Å². The summed E-state index contributed by atoms with van der Waals surface area (Å²) in [6.07, 6.45) is -14.0. The van der Waals surface area contributed by atoms with E-state index in [4.69, 9.17) is 47.3 Å². The maximum atomic E-state index is 13.0. The molecule has 0 unspecified atom stereocenters. The van der Waals surface area contributed by atoms with E-state index in [1.54, 1.807) is 0 Å². The van der Waals surface area contributed by atoms with E-state index >= 15 is 0 Å². The van der Waals surface area contributed by atoms with Crippen molar-refractivity contribution in [3.8, 4) is 17.2 Å². The summed E-state index contributed by atoms with van der Waals surface area (Å²) in [6.45, 7) is -12.5. The number of hydrogen-bond donors (Lipinski definition) is 0. The first-order valence-electron chi connectivity index (χ1n) is 10.8. The summed E-state index contributed by atoms with van der Waals surface area (Å²) in [5, 5.41) is 0. The molecule has 1 aliphatic rings. The number of rotatable bonds is 6. The van der Waals surface area contributed by atoms with Gasteiger partial charge in [-0.05, 0) is 107 Å². The molecule has 1 heterocycles. The molecule has 21 heteroatoms. The fourth-order valence-corrected chi connectivity index (χ4v) is 16.4. The summed E-state index contributed by atoms with van der Waals surface area (Å²) < 4.78 is 145. The second-order valence-electron chi connectivity index (χ2n) is 8.03. The SMILES string of the molecule is FC(F)(F)c1ccc(OP2(Cl)=NP(Cl)(Oc3ccc(C(F)(F)F)cc3)=NP(Cl)(Oc3ccc(C(F)(F)F)cc3)=N2)cc1. The molecule has 0 N–H and O–H groups in total. The lowest BCUT2D eigenvalue weighted by Gasteiger charge is -2.27. The zero-order chi connectivity index (χ0) is 31.2. The Balaban J connectivity index is 1.75. The fraction of sp³-hybridized carbons (Fsp3) is 0.143. The van der Waals surface area contributed by atoms with Crippen molar-refractivity contribution in [2.24, 2.45) is 13.5 Å². The van der Waals surface area contributed by atoms with E-state index < -0.39 is 55.6 Å². The maximum Gasteiger partial charge on any atom is 0.416 e. The van der Waals surface area contributed by atoms with Crippen LogP contribution in [0.1, 0.15) is 16.7 Å². The number of nitrogens with zero attached hydrogens (tertiary/aromatic N) is 3. The Morgan fingerprint density at radius 1 is 0.405 bits per heavy atom. The van der Waals surface area contributed by atoms with E-state index in [2.05, 4.69) is 13.5 Å². The Labute approximate surface area is 245 Å². The molecule has 228 valence electrons. The summed E-state index contributed by atoms with van der Waals surface area (Å²) >= 11 is 19.5. The average Bonchev–Trinajstić information content (AvgIpc) is 2.81. The van der Waals surface area contributed by atoms with Crippen molar-refractivity contribution in [1.82, 2.24) is 0 Å². The molecule has 0 fully saturated rings. The van der Waals surface area contributed by atoms with Gasteiger partial charge in [0.1, 0.15) is 17.2 Å². The third-order valence-electron chi connectivity index (χ3n) is 4.87. The molecule has 3 aromatic rings. The molecular weight excluding hydrogens is 713 g/mol. The van der Waals surface area contributed by atoms with Crippen LogP contribution in [-0.4, -0.2) is 0 Å². The quantitative estimate of drug-likeness (QED) is 0.188. The number of hydrogen-bond acceptors (Lipinski definition) is 6. The zero-order valence-electron chi connectivity index (χ0n) is 19.9. The van der Waals surface area contributed by atoms with Gasteiger partial charge < -0.3 is 13.6 Å². The van der Waals surface area contributed by atoms with Crippen LogP contribution in [0.25, 0.3) is 0 Å². The summed E-state index contributed by atoms with van der Waals surface area (Å²) in [6, 6.07) is 9.48. The molecule has 1 aliphatic heterocycles. The van der Waals surface area contributed by atoms with Crippen LogP contribution in [0.5, 0.6) is 17.2 Å². The van der Waals surface area contributed by atoms with E-state index in [9.17, 15) is 39.5 Å². The smallest absolute Gasteiger partial charge is 0.416 e. The number of alkyl halides is 9. The van der Waals surface area contributed by atoms with Crippen LogP contribution in [0.3, 0.4) is 0 Å². The first-order valence-corrected chi connectivity index (χ1v) is 18.3. The van der Waals surface area contributed by atoms with E-state index in [1.165, 1.54) is 0 Å². The molecule has 0 saturated carbocycles. The molecule has 0 amide bonds. The van der Waals surface area contributed by atoms with Gasteiger partial charge in [-0.15, -0.1) is 13.5 Å². The van der Waals surface area contributed by atoms with Crippen LogP contribution in [0.2, 0.25) is 0 Å². The molecule has 0 aliphatic carbocycles. The first kappa shape index (κ1) is 32.9. The van der Waals surface area contributed by atoms with Crippen LogP contribution >= 0.6 is 54.1 Å². The standard InChI is InChI=1S/C21H12Cl3F9N3O3P3/c22-40(37-16-7-1-13(2-8-16)19(25,26)27)34-41(23,38-17-9-3-14(4-10-17)20(28,29)30)36-42(24,35-40)39-18-11-5-15(6-12-18)21(31,32)33/h1-12H. The Morgan fingerprint density at radius 2 is 0.595 bits per heavy atom. The van der Waals surface area contributed by atoms with Gasteiger partial charge in [-0.3, -0.25) is 0 Å². The molecule has 0 radical (unpaired) electrons. The summed E-state index contributed by atoms with van der Waals surface area (Å²) in [7, 11) is 0. The van der Waals surface area contributed by atoms with Gasteiger partial charge in [-0.2, -0.15) is 39.5 Å². The monoisotopic (exact) mass is 723 g/mol. The van der Waals surface area contributed by atoms with E-state index in [0.717, 1.165) is 36.4 Å². The molecule has 0 bridgehead atoms. The molecule has 0 atom stereocenters. The minimum atomic E-state index is -4.66. The van der Waals surface area contributed by atoms with Gasteiger partial charge in [0.15, 0.2) is 0 Å². The Kier molecular flexibility index (Phi) is 9.00. The van der Waals surface area contributed by atoms with Crippen LogP contribution < -0.4 is 13.6 Å². The van der Waals surface area contributed by atoms with E-state index in [-0.39, 0.29) is 17.2 Å². The molecular formula is C21H12Cl3F9N3O3P3. The minimum Gasteiger partial charge on any atom is -0.431 e. The first-order chi connectivity index (χ1) is 19.2. The highest BCUT2D eigenvalue weighted by Gasteiger charge is 2.41. The maximum absolute atomic E-state index is 13.0. The Bertz CT molecular complexity index is 1420. The zero-order valence-corrected chi connectivity index (χ0v) is 24.8. The Morgan fingerprint density at radius 3 is 0.762 bits per heavy atom. The van der Waals surface area contributed by atoms with Gasteiger partial charge in [0.25, 0.3) is 0 Å². The molecule has 6 nitrogen and oxygen atoms in total. The van der Waals surface area contributed by atoms with Crippen molar-refractivity contribution in [1.29, 1.82) is 0 Å². The van der Waals surface area contributed by atoms with Gasteiger partial charge >= 0.3 is 38.9 Å². The number of benzene rings is 3. The minimum absolute atomic E-state index is 0.267. The van der Waals surface area contributed by atoms with E-state index in [0.29, 0.717) is 36.4 Å². The topological polar surface area (TPSA) is 64.8 Å². The molecule has 3 aromatic carbocycles. The van der Waals surface area contributed by atoms with Crippen molar-refractivity contribution < 1.29 is 53.1 Å². The Hall–Kier alpha value is -2.01. The summed E-state index contributed by atoms with van der Waals surface area (Å²) in [5.74, 6) is -0.802. The van der Waals surface area contributed by atoms with Crippen LogP contribution in [0.15, 0.2) is 86.3 Å². The second kappa shape index (κ2) is 11.5. The molecule has 42 heavy (non-hydrogen) atoms. The average molecular weight is 725 g/mol. The largest absolute Gasteiger partial charge is 0.431 e. The van der Waals surface area contributed by atoms with Gasteiger partial charge in [0.2, 0.25) is 0 Å². The van der Waals surface area contributed by atoms with Crippen molar-refractivity contribution in [2.75, 3.05) is 0 Å². The van der Waals surface area contributed by atoms with Gasteiger partial charge in [-0.1, -0.05) is 0 Å². The lowest BCUT2D eigenvalue weighted by Crippen LogP contribution is -2.04. The fourth-order valence-electron chi connectivity index (χ4n) is 3.09. The predicted octanol–water partition coefficient (Wildman–Crippen LogP) is 12.8. The van der Waals surface area contributed by atoms with Crippen molar-refractivity contribution in [3.63, 3.8) is 0 Å². The predicted molar refractivity (Wildman–Crippen MR) is 142 cm³/mol. The van der Waals surface area contributed by atoms with Crippen molar-refractivity contribution in [3.05, 3.63) is 89.5 Å². The van der Waals surface area contributed by atoms with Gasteiger partial charge in [-0.25, -0.2) is 0 Å². The second-order valence-corrected chi connectivity index (χ2v) is 17.5. The van der Waals surface area contributed by atoms with Crippen molar-refractivity contribution >= 4 is 54.1 Å². The molecule has 0 aromatic heterocycles. The third kappa shape index (κ3) is 8.33. The summed E-state index contributed by atoms with van der Waals surface area (Å²) in [4.78, 5) is 0.